The molecule has 0 spiro atoms. The third-order valence-electron chi connectivity index (χ3n) is 3.35. The van der Waals surface area contributed by atoms with Crippen LogP contribution >= 0.6 is 0 Å². The van der Waals surface area contributed by atoms with Crippen LogP contribution in [0.5, 0.6) is 0 Å². The zero-order chi connectivity index (χ0) is 15.0. The number of nitrogens with zero attached hydrogens (tertiary/aromatic N) is 1. The van der Waals surface area contributed by atoms with Crippen molar-refractivity contribution in [2.75, 3.05) is 19.6 Å². The lowest BCUT2D eigenvalue weighted by atomic mass is 10.1. The molecule has 114 valence electrons. The van der Waals surface area contributed by atoms with Crippen molar-refractivity contribution >= 4 is 17.8 Å². The van der Waals surface area contributed by atoms with Crippen molar-refractivity contribution in [2.45, 2.75) is 46.0 Å². The van der Waals surface area contributed by atoms with Gasteiger partial charge in [0, 0.05) is 32.0 Å². The molecule has 0 aromatic carbocycles. The Morgan fingerprint density at radius 1 is 1.20 bits per heavy atom. The first-order valence-corrected chi connectivity index (χ1v) is 7.42. The van der Waals surface area contributed by atoms with Crippen LogP contribution in [0.1, 0.15) is 46.0 Å². The molecule has 20 heavy (non-hydrogen) atoms. The Bertz CT molecular complexity index is 358. The number of hydrogen-bond donors (Lipinski definition) is 2. The maximum atomic E-state index is 11.7. The van der Waals surface area contributed by atoms with Crippen LogP contribution in [-0.4, -0.2) is 42.4 Å². The average Bonchev–Trinajstić information content (AvgIpc) is 2.66. The van der Waals surface area contributed by atoms with Crippen molar-refractivity contribution < 1.29 is 14.4 Å². The van der Waals surface area contributed by atoms with E-state index in [1.807, 2.05) is 6.92 Å². The van der Waals surface area contributed by atoms with Gasteiger partial charge in [-0.05, 0) is 25.7 Å². The SMILES string of the molecule is CCCNC(=O)NCCCCCN1C(=O)CC(C)C1=O. The van der Waals surface area contributed by atoms with E-state index < -0.39 is 0 Å². The van der Waals surface area contributed by atoms with Gasteiger partial charge in [0.1, 0.15) is 0 Å². The molecule has 4 amide bonds. The van der Waals surface area contributed by atoms with E-state index in [1.54, 1.807) is 6.92 Å². The molecular weight excluding hydrogens is 258 g/mol. The van der Waals surface area contributed by atoms with Gasteiger partial charge in [-0.1, -0.05) is 13.8 Å². The lowest BCUT2D eigenvalue weighted by Crippen LogP contribution is -2.36. The van der Waals surface area contributed by atoms with E-state index in [4.69, 9.17) is 0 Å². The number of likely N-dealkylation sites (tertiary alicyclic amines) is 1. The Hall–Kier alpha value is -1.59. The first kappa shape index (κ1) is 16.5. The average molecular weight is 283 g/mol. The Kier molecular flexibility index (Phi) is 7.04. The van der Waals surface area contributed by atoms with Gasteiger partial charge in [0.2, 0.25) is 11.8 Å². The van der Waals surface area contributed by atoms with Crippen molar-refractivity contribution in [3.05, 3.63) is 0 Å². The fourth-order valence-electron chi connectivity index (χ4n) is 2.16. The number of hydrogen-bond acceptors (Lipinski definition) is 3. The van der Waals surface area contributed by atoms with E-state index in [2.05, 4.69) is 10.6 Å². The molecule has 0 aliphatic carbocycles. The third-order valence-corrected chi connectivity index (χ3v) is 3.35. The summed E-state index contributed by atoms with van der Waals surface area (Å²) in [5.41, 5.74) is 0. The Morgan fingerprint density at radius 2 is 1.90 bits per heavy atom. The second kappa shape index (κ2) is 8.55. The highest BCUT2D eigenvalue weighted by Gasteiger charge is 2.34. The number of imide groups is 1. The summed E-state index contributed by atoms with van der Waals surface area (Å²) in [6.07, 6.45) is 3.80. The summed E-state index contributed by atoms with van der Waals surface area (Å²) in [7, 11) is 0. The van der Waals surface area contributed by atoms with Crippen molar-refractivity contribution in [1.82, 2.24) is 15.5 Å². The molecule has 1 rings (SSSR count). The smallest absolute Gasteiger partial charge is 0.314 e. The zero-order valence-corrected chi connectivity index (χ0v) is 12.4. The number of amides is 4. The van der Waals surface area contributed by atoms with Gasteiger partial charge in [0.25, 0.3) is 0 Å². The molecule has 0 bridgehead atoms. The second-order valence-corrected chi connectivity index (χ2v) is 5.23. The first-order valence-electron chi connectivity index (χ1n) is 7.42. The number of urea groups is 1. The highest BCUT2D eigenvalue weighted by Crippen LogP contribution is 2.19. The van der Waals surface area contributed by atoms with Gasteiger partial charge in [-0.15, -0.1) is 0 Å². The minimum atomic E-state index is -0.161. The van der Waals surface area contributed by atoms with E-state index in [1.165, 1.54) is 4.90 Å². The van der Waals surface area contributed by atoms with Gasteiger partial charge < -0.3 is 10.6 Å². The molecule has 2 N–H and O–H groups in total. The topological polar surface area (TPSA) is 78.5 Å². The molecule has 6 heteroatoms. The molecule has 1 heterocycles. The number of rotatable bonds is 8. The van der Waals surface area contributed by atoms with Gasteiger partial charge in [-0.3, -0.25) is 14.5 Å². The van der Waals surface area contributed by atoms with Gasteiger partial charge >= 0.3 is 6.03 Å². The van der Waals surface area contributed by atoms with Crippen LogP contribution < -0.4 is 10.6 Å². The minimum absolute atomic E-state index is 0.0490. The lowest BCUT2D eigenvalue weighted by Gasteiger charge is -2.14. The summed E-state index contributed by atoms with van der Waals surface area (Å²) in [5, 5.41) is 5.51. The maximum absolute atomic E-state index is 11.7. The monoisotopic (exact) mass is 283 g/mol. The highest BCUT2D eigenvalue weighted by molar-refractivity contribution is 6.03. The fraction of sp³-hybridized carbons (Fsp3) is 0.786. The lowest BCUT2D eigenvalue weighted by molar-refractivity contribution is -0.139. The predicted molar refractivity (Wildman–Crippen MR) is 76.0 cm³/mol. The molecule has 0 aromatic heterocycles. The second-order valence-electron chi connectivity index (χ2n) is 5.23. The Morgan fingerprint density at radius 3 is 2.50 bits per heavy atom. The third kappa shape index (κ3) is 5.19. The standard InChI is InChI=1S/C14H25N3O3/c1-3-7-15-14(20)16-8-5-4-6-9-17-12(18)10-11(2)13(17)19/h11H,3-10H2,1-2H3,(H2,15,16,20). The van der Waals surface area contributed by atoms with E-state index >= 15 is 0 Å². The molecule has 0 aromatic rings. The van der Waals surface area contributed by atoms with Crippen LogP contribution in [0.25, 0.3) is 0 Å². The molecule has 0 saturated carbocycles. The normalized spacial score (nSPS) is 18.5. The molecular formula is C14H25N3O3. The molecule has 1 saturated heterocycles. The summed E-state index contributed by atoms with van der Waals surface area (Å²) in [4.78, 5) is 35.8. The fourth-order valence-corrected chi connectivity index (χ4v) is 2.16. The molecule has 0 radical (unpaired) electrons. The van der Waals surface area contributed by atoms with Crippen LogP contribution in [0.2, 0.25) is 0 Å². The summed E-state index contributed by atoms with van der Waals surface area (Å²) in [6.45, 7) is 5.60. The van der Waals surface area contributed by atoms with Crippen molar-refractivity contribution in [2.24, 2.45) is 5.92 Å². The molecule has 1 fully saturated rings. The van der Waals surface area contributed by atoms with Crippen LogP contribution in [0, 0.1) is 5.92 Å². The van der Waals surface area contributed by atoms with E-state index in [9.17, 15) is 14.4 Å². The Balaban J connectivity index is 2.04. The van der Waals surface area contributed by atoms with Crippen LogP contribution in [0.15, 0.2) is 0 Å². The molecule has 6 nitrogen and oxygen atoms in total. The van der Waals surface area contributed by atoms with Gasteiger partial charge in [-0.2, -0.15) is 0 Å². The van der Waals surface area contributed by atoms with E-state index in [-0.39, 0.29) is 23.8 Å². The maximum Gasteiger partial charge on any atom is 0.314 e. The molecule has 1 unspecified atom stereocenters. The number of unbranched alkanes of at least 4 members (excludes halogenated alkanes) is 2. The summed E-state index contributed by atoms with van der Waals surface area (Å²) in [5.74, 6) is -0.266. The summed E-state index contributed by atoms with van der Waals surface area (Å²) >= 11 is 0. The summed E-state index contributed by atoms with van der Waals surface area (Å²) < 4.78 is 0. The first-order chi connectivity index (χ1) is 9.56. The van der Waals surface area contributed by atoms with Crippen LogP contribution in [0.4, 0.5) is 4.79 Å². The quantitative estimate of drug-likeness (QED) is 0.520. The number of carbonyl (C=O) groups excluding carboxylic acids is 3. The van der Waals surface area contributed by atoms with Gasteiger partial charge in [0.15, 0.2) is 0 Å². The number of nitrogens with one attached hydrogen (secondary N) is 2. The molecule has 1 atom stereocenters. The minimum Gasteiger partial charge on any atom is -0.338 e. The van der Waals surface area contributed by atoms with Crippen LogP contribution in [-0.2, 0) is 9.59 Å². The number of carbonyl (C=O) groups is 3. The van der Waals surface area contributed by atoms with Crippen molar-refractivity contribution in [1.29, 1.82) is 0 Å². The summed E-state index contributed by atoms with van der Waals surface area (Å²) in [6, 6.07) is -0.134. The van der Waals surface area contributed by atoms with Crippen molar-refractivity contribution in [3.63, 3.8) is 0 Å². The highest BCUT2D eigenvalue weighted by atomic mass is 16.2. The van der Waals surface area contributed by atoms with E-state index in [0.717, 1.165) is 25.7 Å². The Labute approximate surface area is 120 Å². The zero-order valence-electron chi connectivity index (χ0n) is 12.4. The van der Waals surface area contributed by atoms with Gasteiger partial charge in [0.05, 0.1) is 0 Å². The molecule has 1 aliphatic rings. The molecule has 1 aliphatic heterocycles. The van der Waals surface area contributed by atoms with E-state index in [0.29, 0.717) is 26.1 Å². The predicted octanol–water partition coefficient (Wildman–Crippen LogP) is 1.26. The van der Waals surface area contributed by atoms with Crippen molar-refractivity contribution in [3.8, 4) is 0 Å². The largest absolute Gasteiger partial charge is 0.338 e. The van der Waals surface area contributed by atoms with Crippen LogP contribution in [0.3, 0.4) is 0 Å². The van der Waals surface area contributed by atoms with Gasteiger partial charge in [-0.25, -0.2) is 4.79 Å².